The highest BCUT2D eigenvalue weighted by molar-refractivity contribution is 5.32. The van der Waals surface area contributed by atoms with Crippen LogP contribution in [0.3, 0.4) is 0 Å². The fourth-order valence-electron chi connectivity index (χ4n) is 8.03. The Kier molecular flexibility index (Phi) is 5.07. The highest BCUT2D eigenvalue weighted by Crippen LogP contribution is 2.68. The molecule has 6 heteroatoms. The first-order valence-electron chi connectivity index (χ1n) is 11.5. The van der Waals surface area contributed by atoms with E-state index in [2.05, 4.69) is 13.0 Å². The zero-order valence-corrected chi connectivity index (χ0v) is 18.1. The van der Waals surface area contributed by atoms with Crippen molar-refractivity contribution in [2.75, 3.05) is 26.9 Å². The Morgan fingerprint density at radius 2 is 1.97 bits per heavy atom. The largest absolute Gasteiger partial charge is 0.499 e. The minimum atomic E-state index is -2.36. The molecule has 4 fully saturated rings. The van der Waals surface area contributed by atoms with Crippen LogP contribution in [-0.4, -0.2) is 44.2 Å². The van der Waals surface area contributed by atoms with Gasteiger partial charge in [0.2, 0.25) is 6.43 Å². The zero-order valence-electron chi connectivity index (χ0n) is 18.1. The number of halogens is 2. The first-order valence-corrected chi connectivity index (χ1v) is 11.5. The van der Waals surface area contributed by atoms with Crippen LogP contribution >= 0.6 is 0 Å². The number of rotatable bonds is 3. The summed E-state index contributed by atoms with van der Waals surface area (Å²) >= 11 is 0. The van der Waals surface area contributed by atoms with Gasteiger partial charge in [-0.3, -0.25) is 0 Å². The van der Waals surface area contributed by atoms with E-state index < -0.39 is 17.6 Å². The molecule has 0 unspecified atom stereocenters. The van der Waals surface area contributed by atoms with Gasteiger partial charge in [0.05, 0.1) is 25.7 Å². The SMILES string of the molecule is COC(CO)=C1CC[C@H]2[C@@H]3CC=C4CC5(CC[C@]4(C(F)F)[C@H]3CC[C@]12C)OCCO5. The summed E-state index contributed by atoms with van der Waals surface area (Å²) < 4.78 is 47.0. The maximum absolute atomic E-state index is 14.9. The molecule has 0 aromatic heterocycles. The molecule has 0 aromatic rings. The number of hydrogen-bond donors (Lipinski definition) is 1. The van der Waals surface area contributed by atoms with E-state index in [1.165, 1.54) is 5.57 Å². The second-order valence-electron chi connectivity index (χ2n) is 10.2. The highest BCUT2D eigenvalue weighted by atomic mass is 19.3. The van der Waals surface area contributed by atoms with Gasteiger partial charge in [0.1, 0.15) is 12.4 Å². The molecule has 5 aliphatic rings. The third-order valence-corrected chi connectivity index (χ3v) is 9.43. The summed E-state index contributed by atoms with van der Waals surface area (Å²) in [6.07, 6.45) is 5.72. The van der Waals surface area contributed by atoms with Gasteiger partial charge in [0.15, 0.2) is 5.79 Å². The number of aliphatic hydroxyl groups is 1. The predicted octanol–water partition coefficient (Wildman–Crippen LogP) is 4.83. The van der Waals surface area contributed by atoms with Crippen LogP contribution < -0.4 is 0 Å². The smallest absolute Gasteiger partial charge is 0.248 e. The fourth-order valence-corrected chi connectivity index (χ4v) is 8.03. The summed E-state index contributed by atoms with van der Waals surface area (Å²) in [5.74, 6) is 0.650. The maximum Gasteiger partial charge on any atom is 0.248 e. The van der Waals surface area contributed by atoms with E-state index in [1.807, 2.05) is 0 Å². The molecule has 30 heavy (non-hydrogen) atoms. The standard InChI is InChI=1S/C24H34F2O4/c1-22-8-7-18-16(17(22)5-6-19(22)20(14-27)28-2)4-3-15-13-23(29-11-12-30-23)9-10-24(15,18)21(25)26/h3,16-18,21,27H,4-14H2,1-2H3/t16-,17-,18-,22-,24+/m0/s1. The molecule has 0 amide bonds. The van der Waals surface area contributed by atoms with Crippen LogP contribution in [0.2, 0.25) is 0 Å². The third-order valence-electron chi connectivity index (χ3n) is 9.43. The van der Waals surface area contributed by atoms with Crippen molar-refractivity contribution in [1.29, 1.82) is 0 Å². The van der Waals surface area contributed by atoms with Gasteiger partial charge in [-0.2, -0.15) is 0 Å². The Labute approximate surface area is 177 Å². The number of allylic oxidation sites excluding steroid dienone is 2. The minimum Gasteiger partial charge on any atom is -0.499 e. The number of hydrogen-bond acceptors (Lipinski definition) is 4. The van der Waals surface area contributed by atoms with Crippen molar-refractivity contribution in [2.45, 2.75) is 70.5 Å². The second kappa shape index (κ2) is 7.28. The summed E-state index contributed by atoms with van der Waals surface area (Å²) in [5.41, 5.74) is 1.01. The summed E-state index contributed by atoms with van der Waals surface area (Å²) in [5, 5.41) is 9.78. The van der Waals surface area contributed by atoms with Crippen molar-refractivity contribution in [2.24, 2.45) is 28.6 Å². The van der Waals surface area contributed by atoms with Crippen molar-refractivity contribution < 1.29 is 28.1 Å². The van der Waals surface area contributed by atoms with Gasteiger partial charge in [0, 0.05) is 12.8 Å². The van der Waals surface area contributed by atoms with Gasteiger partial charge in [-0.05, 0) is 67.3 Å². The van der Waals surface area contributed by atoms with Gasteiger partial charge in [-0.25, -0.2) is 8.78 Å². The Morgan fingerprint density at radius 1 is 1.20 bits per heavy atom. The van der Waals surface area contributed by atoms with Crippen LogP contribution in [0.4, 0.5) is 8.78 Å². The summed E-state index contributed by atoms with van der Waals surface area (Å²) in [6, 6.07) is 0. The summed E-state index contributed by atoms with van der Waals surface area (Å²) in [7, 11) is 1.62. The molecular formula is C24H34F2O4. The Bertz CT molecular complexity index is 750. The summed E-state index contributed by atoms with van der Waals surface area (Å²) in [4.78, 5) is 0. The lowest BCUT2D eigenvalue weighted by Crippen LogP contribution is -2.55. The zero-order chi connectivity index (χ0) is 21.1. The lowest BCUT2D eigenvalue weighted by atomic mass is 9.47. The molecule has 168 valence electrons. The molecule has 1 saturated heterocycles. The van der Waals surface area contributed by atoms with Crippen molar-refractivity contribution in [3.05, 3.63) is 23.0 Å². The molecule has 5 atom stereocenters. The number of ether oxygens (including phenoxy) is 3. The first-order chi connectivity index (χ1) is 14.4. The quantitative estimate of drug-likeness (QED) is 0.521. The van der Waals surface area contributed by atoms with Crippen molar-refractivity contribution in [1.82, 2.24) is 0 Å². The Hall–Kier alpha value is -0.980. The van der Waals surface area contributed by atoms with E-state index in [-0.39, 0.29) is 23.9 Å². The molecule has 3 saturated carbocycles. The summed E-state index contributed by atoms with van der Waals surface area (Å²) in [6.45, 7) is 3.30. The molecule has 0 bridgehead atoms. The van der Waals surface area contributed by atoms with Gasteiger partial charge in [0.25, 0.3) is 0 Å². The van der Waals surface area contributed by atoms with Crippen LogP contribution in [0.25, 0.3) is 0 Å². The predicted molar refractivity (Wildman–Crippen MR) is 108 cm³/mol. The molecular weight excluding hydrogens is 390 g/mol. The van der Waals surface area contributed by atoms with E-state index in [0.29, 0.717) is 44.2 Å². The van der Waals surface area contributed by atoms with Crippen molar-refractivity contribution in [3.63, 3.8) is 0 Å². The lowest BCUT2D eigenvalue weighted by molar-refractivity contribution is -0.201. The fraction of sp³-hybridized carbons (Fsp3) is 0.833. The number of fused-ring (bicyclic) bond motifs is 5. The average Bonchev–Trinajstić information content (AvgIpc) is 3.33. The molecule has 0 aromatic carbocycles. The van der Waals surface area contributed by atoms with Crippen LogP contribution in [0.5, 0.6) is 0 Å². The van der Waals surface area contributed by atoms with E-state index in [0.717, 1.165) is 37.7 Å². The minimum absolute atomic E-state index is 0.00815. The van der Waals surface area contributed by atoms with Crippen LogP contribution in [-0.2, 0) is 14.2 Å². The van der Waals surface area contributed by atoms with E-state index in [9.17, 15) is 13.9 Å². The Balaban J connectivity index is 1.50. The van der Waals surface area contributed by atoms with Crippen molar-refractivity contribution >= 4 is 0 Å². The van der Waals surface area contributed by atoms with Gasteiger partial charge in [-0.15, -0.1) is 0 Å². The average molecular weight is 425 g/mol. The molecule has 4 aliphatic carbocycles. The van der Waals surface area contributed by atoms with E-state index in [4.69, 9.17) is 14.2 Å². The van der Waals surface area contributed by atoms with Crippen molar-refractivity contribution in [3.8, 4) is 0 Å². The molecule has 5 rings (SSSR count). The first kappa shape index (κ1) is 20.9. The molecule has 0 radical (unpaired) electrons. The van der Waals surface area contributed by atoms with Gasteiger partial charge >= 0.3 is 0 Å². The van der Waals surface area contributed by atoms with Crippen LogP contribution in [0, 0.1) is 28.6 Å². The van der Waals surface area contributed by atoms with Gasteiger partial charge < -0.3 is 19.3 Å². The number of methoxy groups -OCH3 is 1. The second-order valence-corrected chi connectivity index (χ2v) is 10.2. The highest BCUT2D eigenvalue weighted by Gasteiger charge is 2.64. The monoisotopic (exact) mass is 424 g/mol. The molecule has 1 N–H and O–H groups in total. The molecule has 1 aliphatic heterocycles. The van der Waals surface area contributed by atoms with Crippen LogP contribution in [0.1, 0.15) is 58.3 Å². The van der Waals surface area contributed by atoms with Crippen LogP contribution in [0.15, 0.2) is 23.0 Å². The molecule has 1 heterocycles. The molecule has 4 nitrogen and oxygen atoms in total. The number of aliphatic hydroxyl groups excluding tert-OH is 1. The normalized spacial score (nSPS) is 43.8. The molecule has 1 spiro atoms. The van der Waals surface area contributed by atoms with E-state index in [1.54, 1.807) is 7.11 Å². The number of alkyl halides is 2. The lowest BCUT2D eigenvalue weighted by Gasteiger charge is -2.59. The third kappa shape index (κ3) is 2.72. The topological polar surface area (TPSA) is 47.9 Å². The maximum atomic E-state index is 14.9. The van der Waals surface area contributed by atoms with E-state index >= 15 is 0 Å². The van der Waals surface area contributed by atoms with Gasteiger partial charge in [-0.1, -0.05) is 18.6 Å². The Morgan fingerprint density at radius 3 is 2.63 bits per heavy atom.